The largest absolute Gasteiger partial charge is 0.319 e. The topological polar surface area (TPSA) is 84.5 Å². The summed E-state index contributed by atoms with van der Waals surface area (Å²) in [6.07, 6.45) is 0. The first kappa shape index (κ1) is 13.4. The van der Waals surface area contributed by atoms with Crippen molar-refractivity contribution in [3.8, 4) is 0 Å². The van der Waals surface area contributed by atoms with E-state index >= 15 is 0 Å². The zero-order chi connectivity index (χ0) is 14.2. The van der Waals surface area contributed by atoms with Gasteiger partial charge in [0.15, 0.2) is 0 Å². The van der Waals surface area contributed by atoms with Crippen LogP contribution in [0.4, 0.5) is 4.39 Å². The highest BCUT2D eigenvalue weighted by Gasteiger charge is 2.36. The van der Waals surface area contributed by atoms with Gasteiger partial charge in [-0.2, -0.15) is 4.99 Å². The van der Waals surface area contributed by atoms with Gasteiger partial charge in [-0.25, -0.2) is 4.39 Å². The van der Waals surface area contributed by atoms with E-state index < -0.39 is 29.1 Å². The van der Waals surface area contributed by atoms with E-state index in [1.807, 2.05) is 0 Å². The van der Waals surface area contributed by atoms with Gasteiger partial charge < -0.3 is 11.1 Å². The van der Waals surface area contributed by atoms with Crippen molar-refractivity contribution in [2.75, 3.05) is 0 Å². The quantitative estimate of drug-likeness (QED) is 0.770. The maximum atomic E-state index is 13.1. The number of carbonyl (C=O) groups is 2. The van der Waals surface area contributed by atoms with E-state index in [-0.39, 0.29) is 11.4 Å². The molecule has 5 nitrogen and oxygen atoms in total. The fraction of sp³-hybridized carbons (Fsp3) is 0.308. The first-order valence-electron chi connectivity index (χ1n) is 5.77. The molecule has 6 heteroatoms. The van der Waals surface area contributed by atoms with Gasteiger partial charge >= 0.3 is 0 Å². The van der Waals surface area contributed by atoms with Gasteiger partial charge in [-0.1, -0.05) is 12.1 Å². The molecule has 100 valence electrons. The van der Waals surface area contributed by atoms with Gasteiger partial charge in [0.25, 0.3) is 5.91 Å². The summed E-state index contributed by atoms with van der Waals surface area (Å²) in [5.74, 6) is -2.69. The Labute approximate surface area is 109 Å². The molecule has 2 rings (SSSR count). The Bertz CT molecular complexity index is 575. The number of carbonyl (C=O) groups excluding carboxylic acids is 2. The molecular formula is C13H14FN3O2. The second kappa shape index (κ2) is 4.55. The molecule has 1 aliphatic heterocycles. The van der Waals surface area contributed by atoms with Crippen molar-refractivity contribution in [3.05, 3.63) is 35.6 Å². The van der Waals surface area contributed by atoms with Crippen LogP contribution in [0.1, 0.15) is 25.3 Å². The minimum atomic E-state index is -1.12. The van der Waals surface area contributed by atoms with Crippen LogP contribution in [-0.4, -0.2) is 23.2 Å². The highest BCUT2D eigenvalue weighted by atomic mass is 19.1. The Morgan fingerprint density at radius 2 is 2.05 bits per heavy atom. The van der Waals surface area contributed by atoms with Gasteiger partial charge in [0, 0.05) is 0 Å². The zero-order valence-electron chi connectivity index (χ0n) is 10.6. The number of nitrogens with two attached hydrogens (primary N) is 1. The molecule has 1 aliphatic rings. The summed E-state index contributed by atoms with van der Waals surface area (Å²) in [6.45, 7) is 3.25. The van der Waals surface area contributed by atoms with Crippen LogP contribution in [0.25, 0.3) is 0 Å². The molecule has 1 aromatic carbocycles. The molecule has 0 aromatic heterocycles. The van der Waals surface area contributed by atoms with E-state index in [2.05, 4.69) is 10.3 Å². The van der Waals surface area contributed by atoms with Crippen molar-refractivity contribution in [1.29, 1.82) is 0 Å². The van der Waals surface area contributed by atoms with Crippen LogP contribution >= 0.6 is 0 Å². The number of halogens is 1. The van der Waals surface area contributed by atoms with Crippen molar-refractivity contribution in [2.24, 2.45) is 10.7 Å². The predicted octanol–water partition coefficient (Wildman–Crippen LogP) is 0.702. The summed E-state index contributed by atoms with van der Waals surface area (Å²) in [6, 6.07) is 5.35. The molecule has 0 bridgehead atoms. The molecule has 0 fully saturated rings. The van der Waals surface area contributed by atoms with Gasteiger partial charge in [-0.3, -0.25) is 9.59 Å². The number of rotatable bonds is 2. The fourth-order valence-electron chi connectivity index (χ4n) is 1.79. The van der Waals surface area contributed by atoms with Crippen molar-refractivity contribution in [2.45, 2.75) is 25.3 Å². The lowest BCUT2D eigenvalue weighted by atomic mass is 9.94. The number of amides is 2. The first-order chi connectivity index (χ1) is 8.79. The standard InChI is InChI=1S/C13H14FN3O2/c1-13(2,15)12-16-10(18)9(11(19)17-12)7-4-3-5-8(14)6-7/h3-6,9H,15H2,1-2H3,(H,16,17,18,19). The Kier molecular flexibility index (Phi) is 3.20. The molecule has 0 aliphatic carbocycles. The number of hydrogen-bond acceptors (Lipinski definition) is 3. The molecule has 0 saturated heterocycles. The molecule has 0 radical (unpaired) electrons. The Hall–Kier alpha value is -2.08. The van der Waals surface area contributed by atoms with Crippen LogP contribution in [0.5, 0.6) is 0 Å². The van der Waals surface area contributed by atoms with Gasteiger partial charge in [0.1, 0.15) is 17.6 Å². The van der Waals surface area contributed by atoms with Gasteiger partial charge in [-0.05, 0) is 31.5 Å². The molecule has 1 unspecified atom stereocenters. The second-order valence-corrected chi connectivity index (χ2v) is 5.00. The number of nitrogens with zero attached hydrogens (tertiary/aromatic N) is 1. The fourth-order valence-corrected chi connectivity index (χ4v) is 1.79. The van der Waals surface area contributed by atoms with E-state index in [0.29, 0.717) is 0 Å². The van der Waals surface area contributed by atoms with E-state index in [0.717, 1.165) is 6.07 Å². The SMILES string of the molecule is CC(C)(N)C1=NC(=O)C(c2cccc(F)c2)C(=O)N1. The van der Waals surface area contributed by atoms with Crippen LogP contribution in [0.2, 0.25) is 0 Å². The average Bonchev–Trinajstić information content (AvgIpc) is 2.26. The highest BCUT2D eigenvalue weighted by molar-refractivity contribution is 6.20. The molecule has 19 heavy (non-hydrogen) atoms. The summed E-state index contributed by atoms with van der Waals surface area (Å²) in [7, 11) is 0. The minimum Gasteiger partial charge on any atom is -0.319 e. The normalized spacial score (nSPS) is 20.0. The summed E-state index contributed by atoms with van der Waals surface area (Å²) >= 11 is 0. The molecule has 0 spiro atoms. The first-order valence-corrected chi connectivity index (χ1v) is 5.77. The average molecular weight is 263 g/mol. The maximum absolute atomic E-state index is 13.1. The van der Waals surface area contributed by atoms with Gasteiger partial charge in [0.05, 0.1) is 5.54 Å². The Morgan fingerprint density at radius 1 is 1.37 bits per heavy atom. The molecule has 1 aromatic rings. The van der Waals surface area contributed by atoms with Crippen LogP contribution < -0.4 is 11.1 Å². The number of hydrogen-bond donors (Lipinski definition) is 2. The summed E-state index contributed by atoms with van der Waals surface area (Å²) < 4.78 is 13.1. The van der Waals surface area contributed by atoms with E-state index in [1.165, 1.54) is 18.2 Å². The van der Waals surface area contributed by atoms with Gasteiger partial charge in [0.2, 0.25) is 5.91 Å². The number of nitrogens with one attached hydrogen (secondary N) is 1. The minimum absolute atomic E-state index is 0.121. The number of amidine groups is 1. The second-order valence-electron chi connectivity index (χ2n) is 5.00. The number of aliphatic imine (C=N–C) groups is 1. The highest BCUT2D eigenvalue weighted by Crippen LogP contribution is 2.22. The molecule has 2 amide bonds. The lowest BCUT2D eigenvalue weighted by Crippen LogP contribution is -2.55. The third-order valence-electron chi connectivity index (χ3n) is 2.77. The van der Waals surface area contributed by atoms with E-state index in [1.54, 1.807) is 13.8 Å². The van der Waals surface area contributed by atoms with E-state index in [9.17, 15) is 14.0 Å². The van der Waals surface area contributed by atoms with Crippen LogP contribution in [0.15, 0.2) is 29.3 Å². The number of benzene rings is 1. The Morgan fingerprint density at radius 3 is 2.58 bits per heavy atom. The lowest BCUT2D eigenvalue weighted by molar-refractivity contribution is -0.130. The van der Waals surface area contributed by atoms with Crippen molar-refractivity contribution in [1.82, 2.24) is 5.32 Å². The summed E-state index contributed by atoms with van der Waals surface area (Å²) in [5.41, 5.74) is 5.14. The third-order valence-corrected chi connectivity index (χ3v) is 2.77. The van der Waals surface area contributed by atoms with Gasteiger partial charge in [-0.15, -0.1) is 0 Å². The Balaban J connectivity index is 2.38. The third kappa shape index (κ3) is 2.68. The van der Waals surface area contributed by atoms with Crippen molar-refractivity contribution >= 4 is 17.6 Å². The van der Waals surface area contributed by atoms with Crippen LogP contribution in [-0.2, 0) is 9.59 Å². The predicted molar refractivity (Wildman–Crippen MR) is 68.0 cm³/mol. The molecular weight excluding hydrogens is 249 g/mol. The lowest BCUT2D eigenvalue weighted by Gasteiger charge is -2.27. The monoisotopic (exact) mass is 263 g/mol. The zero-order valence-corrected chi connectivity index (χ0v) is 10.6. The van der Waals surface area contributed by atoms with Crippen molar-refractivity contribution in [3.63, 3.8) is 0 Å². The molecule has 1 atom stereocenters. The van der Waals surface area contributed by atoms with Crippen molar-refractivity contribution < 1.29 is 14.0 Å². The molecule has 0 saturated carbocycles. The van der Waals surface area contributed by atoms with Crippen LogP contribution in [0.3, 0.4) is 0 Å². The molecule has 3 N–H and O–H groups in total. The summed E-state index contributed by atoms with van der Waals surface area (Å²) in [4.78, 5) is 27.7. The van der Waals surface area contributed by atoms with E-state index in [4.69, 9.17) is 5.73 Å². The summed E-state index contributed by atoms with van der Waals surface area (Å²) in [5, 5.41) is 2.50. The van der Waals surface area contributed by atoms with Crippen LogP contribution in [0, 0.1) is 5.82 Å². The smallest absolute Gasteiger partial charge is 0.264 e. The maximum Gasteiger partial charge on any atom is 0.264 e. The molecule has 1 heterocycles.